The summed E-state index contributed by atoms with van der Waals surface area (Å²) >= 11 is 0. The molecular weight excluding hydrogens is 217 g/mol. The molecule has 0 N–H and O–H groups in total. The number of hydrogen-bond acceptors (Lipinski definition) is 4. The topological polar surface area (TPSA) is 55.8 Å². The second-order valence-electron chi connectivity index (χ2n) is 2.88. The number of carbonyl (C=O) groups excluding carboxylic acids is 1. The molecule has 5 nitrogen and oxygen atoms in total. The van der Waals surface area contributed by atoms with Crippen molar-refractivity contribution >= 4 is 14.3 Å². The van der Waals surface area contributed by atoms with Crippen LogP contribution in [0.4, 0.5) is 4.79 Å². The van der Waals surface area contributed by atoms with Gasteiger partial charge in [0.25, 0.3) is 0 Å². The van der Waals surface area contributed by atoms with E-state index in [1.807, 2.05) is 6.07 Å². The van der Waals surface area contributed by atoms with Crippen molar-refractivity contribution in [2.75, 3.05) is 13.2 Å². The van der Waals surface area contributed by atoms with Gasteiger partial charge in [-0.25, -0.2) is 9.32 Å². The van der Waals surface area contributed by atoms with E-state index in [1.54, 1.807) is 24.3 Å². The lowest BCUT2D eigenvalue weighted by Crippen LogP contribution is -2.17. The van der Waals surface area contributed by atoms with Gasteiger partial charge in [-0.3, -0.25) is 0 Å². The summed E-state index contributed by atoms with van der Waals surface area (Å²) in [6, 6.07) is 8.70. The minimum atomic E-state index is -2.19. The first-order valence-corrected chi connectivity index (χ1v) is 5.55. The molecule has 1 aliphatic rings. The molecule has 0 aliphatic carbocycles. The van der Waals surface area contributed by atoms with E-state index < -0.39 is 14.3 Å². The van der Waals surface area contributed by atoms with Crippen LogP contribution in [-0.4, -0.2) is 23.9 Å². The number of para-hydroxylation sites is 1. The van der Waals surface area contributed by atoms with Gasteiger partial charge in [0, 0.05) is 4.57 Å². The summed E-state index contributed by atoms with van der Waals surface area (Å²) in [4.78, 5) is 11.0. The summed E-state index contributed by atoms with van der Waals surface area (Å²) in [6.07, 6.45) is -0.591. The normalized spacial score (nSPS) is 16.1. The van der Waals surface area contributed by atoms with Crippen molar-refractivity contribution in [3.8, 4) is 5.75 Å². The van der Waals surface area contributed by atoms with Crippen LogP contribution < -0.4 is 4.52 Å². The SMILES string of the molecule is O=C1OCCN1[P+](=O)Oc1ccccc1. The number of rotatable bonds is 3. The Bertz CT molecular complexity index is 381. The van der Waals surface area contributed by atoms with Crippen molar-refractivity contribution in [2.45, 2.75) is 0 Å². The van der Waals surface area contributed by atoms with Gasteiger partial charge in [0.15, 0.2) is 5.75 Å². The fourth-order valence-electron chi connectivity index (χ4n) is 1.15. The zero-order chi connectivity index (χ0) is 10.7. The molecule has 0 bridgehead atoms. The van der Waals surface area contributed by atoms with Crippen molar-refractivity contribution < 1.29 is 18.6 Å². The van der Waals surface area contributed by atoms with Gasteiger partial charge in [0.1, 0.15) is 13.2 Å². The molecule has 1 saturated heterocycles. The van der Waals surface area contributed by atoms with Crippen molar-refractivity contribution in [1.29, 1.82) is 0 Å². The molecule has 1 aromatic rings. The molecule has 1 fully saturated rings. The van der Waals surface area contributed by atoms with Crippen LogP contribution in [0.5, 0.6) is 5.75 Å². The molecule has 78 valence electrons. The fourth-order valence-corrected chi connectivity index (χ4v) is 1.99. The molecule has 15 heavy (non-hydrogen) atoms. The Morgan fingerprint density at radius 3 is 2.67 bits per heavy atom. The van der Waals surface area contributed by atoms with Crippen molar-refractivity contribution in [2.24, 2.45) is 0 Å². The van der Waals surface area contributed by atoms with Gasteiger partial charge in [0.2, 0.25) is 0 Å². The number of nitrogens with zero attached hydrogens (tertiary/aromatic N) is 1. The van der Waals surface area contributed by atoms with Crippen LogP contribution in [0.2, 0.25) is 0 Å². The highest BCUT2D eigenvalue weighted by Gasteiger charge is 2.42. The van der Waals surface area contributed by atoms with E-state index in [-0.39, 0.29) is 6.61 Å². The number of ether oxygens (including phenoxy) is 1. The molecule has 1 aromatic carbocycles. The van der Waals surface area contributed by atoms with Crippen LogP contribution >= 0.6 is 8.18 Å². The number of hydrogen-bond donors (Lipinski definition) is 0. The van der Waals surface area contributed by atoms with E-state index in [1.165, 1.54) is 0 Å². The molecule has 2 rings (SSSR count). The predicted octanol–water partition coefficient (Wildman–Crippen LogP) is 2.17. The van der Waals surface area contributed by atoms with Gasteiger partial charge in [-0.1, -0.05) is 22.9 Å². The molecule has 0 saturated carbocycles. The standard InChI is InChI=1S/C9H9NO4P/c11-9-10(6-7-13-9)15(12)14-8-4-2-1-3-5-8/h1-5H,6-7H2/q+1. The maximum Gasteiger partial charge on any atom is 0.702 e. The third kappa shape index (κ3) is 2.25. The number of amides is 1. The zero-order valence-corrected chi connectivity index (χ0v) is 8.72. The Kier molecular flexibility index (Phi) is 2.83. The third-order valence-corrected chi connectivity index (χ3v) is 2.99. The zero-order valence-electron chi connectivity index (χ0n) is 7.83. The summed E-state index contributed by atoms with van der Waals surface area (Å²) in [5.74, 6) is 0.471. The van der Waals surface area contributed by atoms with E-state index >= 15 is 0 Å². The van der Waals surface area contributed by atoms with E-state index in [4.69, 9.17) is 4.52 Å². The van der Waals surface area contributed by atoms with Crippen molar-refractivity contribution in [3.05, 3.63) is 30.3 Å². The summed E-state index contributed by atoms with van der Waals surface area (Å²) in [5.41, 5.74) is 0. The highest BCUT2D eigenvalue weighted by Crippen LogP contribution is 2.33. The fraction of sp³-hybridized carbons (Fsp3) is 0.222. The Hall–Kier alpha value is -1.61. The van der Waals surface area contributed by atoms with Crippen LogP contribution in [0.15, 0.2) is 30.3 Å². The van der Waals surface area contributed by atoms with Crippen LogP contribution in [-0.2, 0) is 9.30 Å². The average Bonchev–Trinajstić information content (AvgIpc) is 2.66. The molecule has 0 spiro atoms. The lowest BCUT2D eigenvalue weighted by Gasteiger charge is -1.97. The lowest BCUT2D eigenvalue weighted by molar-refractivity contribution is 0.169. The van der Waals surface area contributed by atoms with E-state index in [0.29, 0.717) is 12.3 Å². The molecule has 1 heterocycles. The van der Waals surface area contributed by atoms with Crippen LogP contribution in [0.25, 0.3) is 0 Å². The summed E-state index contributed by atoms with van der Waals surface area (Å²) in [7, 11) is -2.19. The second kappa shape index (κ2) is 4.28. The average molecular weight is 226 g/mol. The van der Waals surface area contributed by atoms with Crippen molar-refractivity contribution in [1.82, 2.24) is 4.67 Å². The maximum absolute atomic E-state index is 11.6. The minimum Gasteiger partial charge on any atom is -0.445 e. The monoisotopic (exact) mass is 226 g/mol. The second-order valence-corrected chi connectivity index (χ2v) is 4.02. The van der Waals surface area contributed by atoms with Crippen LogP contribution in [0, 0.1) is 0 Å². The third-order valence-electron chi connectivity index (χ3n) is 1.86. The quantitative estimate of drug-likeness (QED) is 0.741. The van der Waals surface area contributed by atoms with Gasteiger partial charge in [-0.05, 0) is 12.1 Å². The Balaban J connectivity index is 2.01. The predicted molar refractivity (Wildman–Crippen MR) is 52.7 cm³/mol. The lowest BCUT2D eigenvalue weighted by atomic mass is 10.3. The van der Waals surface area contributed by atoms with E-state index in [0.717, 1.165) is 4.67 Å². The van der Waals surface area contributed by atoms with Gasteiger partial charge in [-0.15, -0.1) is 0 Å². The number of carbonyl (C=O) groups is 1. The number of cyclic esters (lactones) is 1. The number of benzene rings is 1. The summed E-state index contributed by atoms with van der Waals surface area (Å²) in [6.45, 7) is 0.568. The highest BCUT2D eigenvalue weighted by atomic mass is 31.1. The van der Waals surface area contributed by atoms with Gasteiger partial charge < -0.3 is 4.74 Å². The Morgan fingerprint density at radius 2 is 2.07 bits per heavy atom. The molecule has 0 aromatic heterocycles. The van der Waals surface area contributed by atoms with Crippen LogP contribution in [0.1, 0.15) is 0 Å². The summed E-state index contributed by atoms with van der Waals surface area (Å²) < 4.78 is 22.4. The maximum atomic E-state index is 11.6. The first-order valence-electron chi connectivity index (χ1n) is 4.42. The molecule has 6 heteroatoms. The highest BCUT2D eigenvalue weighted by molar-refractivity contribution is 7.37. The summed E-state index contributed by atoms with van der Waals surface area (Å²) in [5, 5.41) is 0. The molecule has 1 amide bonds. The molecule has 1 atom stereocenters. The molecular formula is C9H9NO4P+. The smallest absolute Gasteiger partial charge is 0.445 e. The van der Waals surface area contributed by atoms with Gasteiger partial charge >= 0.3 is 14.3 Å². The largest absolute Gasteiger partial charge is 0.702 e. The Labute approximate surface area is 87.5 Å². The Morgan fingerprint density at radius 1 is 1.33 bits per heavy atom. The first-order chi connectivity index (χ1) is 7.27. The first kappa shape index (κ1) is 9.93. The molecule has 1 unspecified atom stereocenters. The van der Waals surface area contributed by atoms with Gasteiger partial charge in [0.05, 0.1) is 0 Å². The van der Waals surface area contributed by atoms with Crippen LogP contribution in [0.3, 0.4) is 0 Å². The van der Waals surface area contributed by atoms with Gasteiger partial charge in [-0.2, -0.15) is 0 Å². The molecule has 1 aliphatic heterocycles. The minimum absolute atomic E-state index is 0.262. The van der Waals surface area contributed by atoms with E-state index in [2.05, 4.69) is 4.74 Å². The van der Waals surface area contributed by atoms with E-state index in [9.17, 15) is 9.36 Å². The molecule has 0 radical (unpaired) electrons. The van der Waals surface area contributed by atoms with Crippen molar-refractivity contribution in [3.63, 3.8) is 0 Å².